The van der Waals surface area contributed by atoms with Crippen LogP contribution in [0.15, 0.2) is 0 Å². The van der Waals surface area contributed by atoms with Gasteiger partial charge in [0, 0.05) is 42.2 Å². The van der Waals surface area contributed by atoms with Gasteiger partial charge >= 0.3 is 12.0 Å². The topological polar surface area (TPSA) is 113 Å². The lowest BCUT2D eigenvalue weighted by atomic mass is 10.2. The van der Waals surface area contributed by atoms with Crippen molar-refractivity contribution in [3.63, 3.8) is 0 Å². The van der Waals surface area contributed by atoms with E-state index in [2.05, 4.69) is 10.6 Å². The summed E-state index contributed by atoms with van der Waals surface area (Å²) in [5.41, 5.74) is 0. The quantitative estimate of drug-likeness (QED) is 0.534. The van der Waals surface area contributed by atoms with Gasteiger partial charge in [0.05, 0.1) is 0 Å². The van der Waals surface area contributed by atoms with Crippen LogP contribution in [0.2, 0.25) is 0 Å². The third kappa shape index (κ3) is 11.1. The third-order valence-corrected chi connectivity index (χ3v) is 2.81. The normalized spacial score (nSPS) is 11.6. The number of carboxylic acid groups (broad SMARTS) is 1. The van der Waals surface area contributed by atoms with Crippen LogP contribution < -0.4 is 10.6 Å². The number of nitrogens with one attached hydrogen (secondary N) is 2. The summed E-state index contributed by atoms with van der Waals surface area (Å²) in [6.45, 7) is 0.341. The van der Waals surface area contributed by atoms with E-state index in [0.717, 1.165) is 0 Å². The molecule has 0 heterocycles. The molecule has 8 heteroatoms. The minimum Gasteiger partial charge on any atom is -0.481 e. The zero-order valence-electron chi connectivity index (χ0n) is 10.2. The zero-order chi connectivity index (χ0) is 14.0. The van der Waals surface area contributed by atoms with Gasteiger partial charge in [-0.05, 0) is 12.8 Å². The summed E-state index contributed by atoms with van der Waals surface area (Å²) in [6, 6.07) is -0.614. The van der Waals surface area contributed by atoms with Gasteiger partial charge in [0.1, 0.15) is 0 Å². The maximum Gasteiger partial charge on any atom is 0.321 e. The van der Waals surface area contributed by atoms with Crippen molar-refractivity contribution in [3.8, 4) is 0 Å². The summed E-state index contributed by atoms with van der Waals surface area (Å²) in [4.78, 5) is 32.5. The minimum atomic E-state index is -0.972. The summed E-state index contributed by atoms with van der Waals surface area (Å²) < 4.78 is 10.7. The molecule has 0 radical (unpaired) electrons. The van der Waals surface area contributed by atoms with Crippen LogP contribution in [0.3, 0.4) is 0 Å². The number of hydrogen-bond donors (Lipinski definition) is 3. The second kappa shape index (κ2) is 9.58. The number of hydrogen-bond acceptors (Lipinski definition) is 4. The lowest BCUT2D eigenvalue weighted by Gasteiger charge is -2.05. The molecule has 0 aromatic rings. The highest BCUT2D eigenvalue weighted by atomic mass is 32.2. The van der Waals surface area contributed by atoms with Crippen LogP contribution in [0, 0.1) is 0 Å². The second-order valence-electron chi connectivity index (χ2n) is 3.68. The minimum absolute atomic E-state index is 0.00129. The Labute approximate surface area is 108 Å². The van der Waals surface area contributed by atoms with Crippen molar-refractivity contribution in [2.45, 2.75) is 25.7 Å². The molecule has 1 unspecified atom stereocenters. The summed E-state index contributed by atoms with van der Waals surface area (Å²) in [5.74, 6) is -0.986. The van der Waals surface area contributed by atoms with E-state index in [1.165, 1.54) is 0 Å². The number of carboxylic acids is 1. The van der Waals surface area contributed by atoms with Crippen LogP contribution in [0.1, 0.15) is 25.7 Å². The van der Waals surface area contributed by atoms with E-state index >= 15 is 0 Å². The van der Waals surface area contributed by atoms with E-state index in [1.54, 1.807) is 6.26 Å². The molecule has 0 aromatic heterocycles. The number of urea groups is 1. The molecule has 0 saturated heterocycles. The van der Waals surface area contributed by atoms with Crippen molar-refractivity contribution in [1.82, 2.24) is 10.6 Å². The fraction of sp³-hybridized carbons (Fsp3) is 0.700. The van der Waals surface area contributed by atoms with Crippen LogP contribution in [0.5, 0.6) is 0 Å². The summed E-state index contributed by atoms with van der Waals surface area (Å²) >= 11 is 0. The van der Waals surface area contributed by atoms with Crippen LogP contribution in [0.4, 0.5) is 4.79 Å². The first-order valence-electron chi connectivity index (χ1n) is 5.51. The maximum absolute atomic E-state index is 11.2. The van der Waals surface area contributed by atoms with Crippen molar-refractivity contribution in [2.75, 3.05) is 18.6 Å². The molecule has 0 aliphatic carbocycles. The number of carbonyl (C=O) groups is 3. The lowest BCUT2D eigenvalue weighted by Crippen LogP contribution is -2.40. The second-order valence-corrected chi connectivity index (χ2v) is 5.24. The van der Waals surface area contributed by atoms with Crippen molar-refractivity contribution < 1.29 is 23.7 Å². The predicted octanol–water partition coefficient (Wildman–Crippen LogP) is -0.164. The van der Waals surface area contributed by atoms with Gasteiger partial charge in [0.15, 0.2) is 0 Å². The summed E-state index contributed by atoms with van der Waals surface area (Å²) in [6.07, 6.45) is 2.25. The zero-order valence-corrected chi connectivity index (χ0v) is 11.0. The molecular weight excluding hydrogens is 260 g/mol. The number of amides is 3. The lowest BCUT2D eigenvalue weighted by molar-refractivity contribution is -0.137. The first-order chi connectivity index (χ1) is 8.41. The number of imide groups is 1. The Kier molecular flexibility index (Phi) is 8.81. The Morgan fingerprint density at radius 2 is 1.83 bits per heavy atom. The molecule has 0 aliphatic rings. The molecule has 1 atom stereocenters. The molecular formula is C10H18N2O5S. The molecule has 3 amide bonds. The van der Waals surface area contributed by atoms with E-state index in [9.17, 15) is 18.6 Å². The van der Waals surface area contributed by atoms with Crippen molar-refractivity contribution in [2.24, 2.45) is 0 Å². The average molecular weight is 278 g/mol. The van der Waals surface area contributed by atoms with Gasteiger partial charge < -0.3 is 10.4 Å². The number of carbonyl (C=O) groups excluding carboxylic acids is 2. The van der Waals surface area contributed by atoms with Crippen molar-refractivity contribution >= 4 is 28.7 Å². The van der Waals surface area contributed by atoms with E-state index in [-0.39, 0.29) is 19.3 Å². The van der Waals surface area contributed by atoms with Crippen LogP contribution >= 0.6 is 0 Å². The third-order valence-electron chi connectivity index (χ3n) is 1.94. The Morgan fingerprint density at radius 1 is 1.17 bits per heavy atom. The highest BCUT2D eigenvalue weighted by molar-refractivity contribution is 7.84. The highest BCUT2D eigenvalue weighted by Crippen LogP contribution is 1.94. The van der Waals surface area contributed by atoms with E-state index in [0.29, 0.717) is 18.7 Å². The molecule has 3 N–H and O–H groups in total. The molecule has 0 saturated carbocycles. The van der Waals surface area contributed by atoms with Crippen LogP contribution in [-0.2, 0) is 20.4 Å². The molecule has 0 bridgehead atoms. The maximum atomic E-state index is 11.2. The molecule has 0 spiro atoms. The molecule has 18 heavy (non-hydrogen) atoms. The van der Waals surface area contributed by atoms with Gasteiger partial charge in [-0.3, -0.25) is 19.1 Å². The Balaban J connectivity index is 3.58. The number of aliphatic carboxylic acids is 1. The standard InChI is InChI=1S/C10H18N2O5S/c1-18(17)7-3-6-11-10(16)12-8(13)4-2-5-9(14)15/h2-7H2,1H3,(H,14,15)(H2,11,12,13,16). The fourth-order valence-electron chi connectivity index (χ4n) is 1.11. The Morgan fingerprint density at radius 3 is 2.39 bits per heavy atom. The molecule has 0 aliphatic heterocycles. The first-order valence-corrected chi connectivity index (χ1v) is 7.24. The average Bonchev–Trinajstić information content (AvgIpc) is 2.23. The smallest absolute Gasteiger partial charge is 0.321 e. The Bertz CT molecular complexity index is 332. The summed E-state index contributed by atoms with van der Waals surface area (Å²) in [7, 11) is -0.894. The predicted molar refractivity (Wildman–Crippen MR) is 66.6 cm³/mol. The van der Waals surface area contributed by atoms with Crippen LogP contribution in [0.25, 0.3) is 0 Å². The number of rotatable bonds is 8. The molecule has 7 nitrogen and oxygen atoms in total. The molecule has 0 aromatic carbocycles. The Hall–Kier alpha value is -1.44. The largest absolute Gasteiger partial charge is 0.481 e. The SMILES string of the molecule is CS(=O)CCCNC(=O)NC(=O)CCCC(=O)O. The van der Waals surface area contributed by atoms with Crippen LogP contribution in [-0.4, -0.2) is 45.8 Å². The molecule has 0 fully saturated rings. The fourth-order valence-corrected chi connectivity index (χ4v) is 1.66. The van der Waals surface area contributed by atoms with Crippen molar-refractivity contribution in [3.05, 3.63) is 0 Å². The van der Waals surface area contributed by atoms with Gasteiger partial charge in [-0.2, -0.15) is 0 Å². The highest BCUT2D eigenvalue weighted by Gasteiger charge is 2.07. The first kappa shape index (κ1) is 16.6. The van der Waals surface area contributed by atoms with Crippen molar-refractivity contribution in [1.29, 1.82) is 0 Å². The monoisotopic (exact) mass is 278 g/mol. The van der Waals surface area contributed by atoms with Gasteiger partial charge in [-0.1, -0.05) is 0 Å². The van der Waals surface area contributed by atoms with E-state index in [4.69, 9.17) is 5.11 Å². The van der Waals surface area contributed by atoms with Gasteiger partial charge in [-0.15, -0.1) is 0 Å². The summed E-state index contributed by atoms with van der Waals surface area (Å²) in [5, 5.41) is 12.9. The van der Waals surface area contributed by atoms with E-state index < -0.39 is 28.7 Å². The van der Waals surface area contributed by atoms with Gasteiger partial charge in [0.25, 0.3) is 0 Å². The van der Waals surface area contributed by atoms with E-state index in [1.807, 2.05) is 0 Å². The molecule has 0 rings (SSSR count). The van der Waals surface area contributed by atoms with Gasteiger partial charge in [-0.25, -0.2) is 4.79 Å². The van der Waals surface area contributed by atoms with Gasteiger partial charge in [0.2, 0.25) is 5.91 Å². The molecule has 104 valence electrons.